The summed E-state index contributed by atoms with van der Waals surface area (Å²) in [4.78, 5) is 20.2. The van der Waals surface area contributed by atoms with Crippen LogP contribution in [0.3, 0.4) is 0 Å². The molecular formula is C29H29ClN4O2. The Morgan fingerprint density at radius 3 is 2.64 bits per heavy atom. The smallest absolute Gasteiger partial charge is 0.241 e. The highest BCUT2D eigenvalue weighted by Gasteiger charge is 2.29. The van der Waals surface area contributed by atoms with E-state index in [0.29, 0.717) is 29.8 Å². The molecule has 6 nitrogen and oxygen atoms in total. The quantitative estimate of drug-likeness (QED) is 0.346. The lowest BCUT2D eigenvalue weighted by atomic mass is 9.94. The fourth-order valence-corrected chi connectivity index (χ4v) is 4.88. The van der Waals surface area contributed by atoms with Gasteiger partial charge in [0.25, 0.3) is 0 Å². The molecule has 3 aromatic carbocycles. The first-order chi connectivity index (χ1) is 17.5. The van der Waals surface area contributed by atoms with Crippen LogP contribution in [0.25, 0.3) is 11.4 Å². The van der Waals surface area contributed by atoms with Gasteiger partial charge in [0.15, 0.2) is 0 Å². The van der Waals surface area contributed by atoms with Gasteiger partial charge in [-0.05, 0) is 49.6 Å². The normalized spacial score (nSPS) is 17.0. The van der Waals surface area contributed by atoms with E-state index in [1.54, 1.807) is 0 Å². The highest BCUT2D eigenvalue weighted by Crippen LogP contribution is 2.26. The summed E-state index contributed by atoms with van der Waals surface area (Å²) in [5.41, 5.74) is 4.16. The van der Waals surface area contributed by atoms with E-state index in [1.165, 1.54) is 5.56 Å². The van der Waals surface area contributed by atoms with Crippen molar-refractivity contribution in [3.63, 3.8) is 0 Å². The average molecular weight is 501 g/mol. The standard InChI is InChI=1S/C29H29ClN4O2/c1-20-12-14-22(15-13-20)27(21-7-3-2-4-8-21)32-29(35)24-10-6-16-34(18-24)19-26-31-28(33-36-26)23-9-5-11-25(30)17-23/h2-5,7-9,11-15,17,24,27H,6,10,16,18-19H2,1H3,(H,32,35). The SMILES string of the molecule is Cc1ccc(C(NC(=O)C2CCCN(Cc3nc(-c4cccc(Cl)c4)no3)C2)c2ccccc2)cc1. The number of carbonyl (C=O) groups excluding carboxylic acids is 1. The Labute approximate surface area is 216 Å². The van der Waals surface area contributed by atoms with Crippen LogP contribution in [-0.4, -0.2) is 34.0 Å². The molecule has 1 aliphatic heterocycles. The Morgan fingerprint density at radius 2 is 1.86 bits per heavy atom. The number of nitrogens with one attached hydrogen (secondary N) is 1. The second kappa shape index (κ2) is 11.1. The second-order valence-corrected chi connectivity index (χ2v) is 9.80. The molecule has 1 aromatic heterocycles. The van der Waals surface area contributed by atoms with E-state index < -0.39 is 0 Å². The summed E-state index contributed by atoms with van der Waals surface area (Å²) < 4.78 is 5.50. The second-order valence-electron chi connectivity index (χ2n) is 9.36. The zero-order valence-electron chi connectivity index (χ0n) is 20.2. The predicted molar refractivity (Wildman–Crippen MR) is 140 cm³/mol. The maximum absolute atomic E-state index is 13.4. The van der Waals surface area contributed by atoms with Crippen molar-refractivity contribution >= 4 is 17.5 Å². The average Bonchev–Trinajstić information content (AvgIpc) is 3.37. The van der Waals surface area contributed by atoms with E-state index >= 15 is 0 Å². The van der Waals surface area contributed by atoms with Crippen molar-refractivity contribution in [3.8, 4) is 11.4 Å². The molecular weight excluding hydrogens is 472 g/mol. The Morgan fingerprint density at radius 1 is 1.08 bits per heavy atom. The van der Waals surface area contributed by atoms with E-state index in [9.17, 15) is 4.79 Å². The number of amides is 1. The predicted octanol–water partition coefficient (Wildman–Crippen LogP) is 5.82. The van der Waals surface area contributed by atoms with Gasteiger partial charge >= 0.3 is 0 Å². The number of benzene rings is 3. The third kappa shape index (κ3) is 5.83. The number of hydrogen-bond acceptors (Lipinski definition) is 5. The van der Waals surface area contributed by atoms with Gasteiger partial charge in [-0.25, -0.2) is 0 Å². The van der Waals surface area contributed by atoms with E-state index in [0.717, 1.165) is 36.1 Å². The van der Waals surface area contributed by atoms with Crippen LogP contribution < -0.4 is 5.32 Å². The first kappa shape index (κ1) is 24.2. The van der Waals surface area contributed by atoms with Crippen LogP contribution in [0.15, 0.2) is 83.4 Å². The number of piperidine rings is 1. The monoisotopic (exact) mass is 500 g/mol. The van der Waals surface area contributed by atoms with Gasteiger partial charge in [-0.1, -0.05) is 89.1 Å². The number of rotatable bonds is 7. The molecule has 2 atom stereocenters. The van der Waals surface area contributed by atoms with Crippen molar-refractivity contribution in [3.05, 3.63) is 106 Å². The fourth-order valence-electron chi connectivity index (χ4n) is 4.69. The van der Waals surface area contributed by atoms with Crippen LogP contribution in [0.5, 0.6) is 0 Å². The third-order valence-corrected chi connectivity index (χ3v) is 6.85. The molecule has 1 fully saturated rings. The van der Waals surface area contributed by atoms with Gasteiger partial charge in [-0.2, -0.15) is 4.98 Å². The molecule has 0 bridgehead atoms. The van der Waals surface area contributed by atoms with Gasteiger partial charge in [0, 0.05) is 17.1 Å². The molecule has 0 radical (unpaired) electrons. The molecule has 5 rings (SSSR count). The number of aryl methyl sites for hydroxylation is 1. The lowest BCUT2D eigenvalue weighted by Gasteiger charge is -2.32. The van der Waals surface area contributed by atoms with E-state index in [2.05, 4.69) is 63.7 Å². The molecule has 1 aliphatic rings. The van der Waals surface area contributed by atoms with Gasteiger partial charge in [-0.3, -0.25) is 9.69 Å². The van der Waals surface area contributed by atoms with Crippen molar-refractivity contribution in [1.29, 1.82) is 0 Å². The summed E-state index contributed by atoms with van der Waals surface area (Å²) in [6.07, 6.45) is 1.79. The van der Waals surface area contributed by atoms with E-state index in [4.69, 9.17) is 16.1 Å². The molecule has 36 heavy (non-hydrogen) atoms. The number of nitrogens with zero attached hydrogens (tertiary/aromatic N) is 3. The fraction of sp³-hybridized carbons (Fsp3) is 0.276. The highest BCUT2D eigenvalue weighted by atomic mass is 35.5. The van der Waals surface area contributed by atoms with Gasteiger partial charge < -0.3 is 9.84 Å². The van der Waals surface area contributed by atoms with Crippen molar-refractivity contribution in [1.82, 2.24) is 20.4 Å². The first-order valence-corrected chi connectivity index (χ1v) is 12.7. The molecule has 0 spiro atoms. The molecule has 184 valence electrons. The Balaban J connectivity index is 1.26. The Bertz CT molecular complexity index is 1310. The summed E-state index contributed by atoms with van der Waals surface area (Å²) in [5, 5.41) is 8.06. The largest absolute Gasteiger partial charge is 0.345 e. The summed E-state index contributed by atoms with van der Waals surface area (Å²) in [7, 11) is 0. The highest BCUT2D eigenvalue weighted by molar-refractivity contribution is 6.30. The Kier molecular flexibility index (Phi) is 7.44. The first-order valence-electron chi connectivity index (χ1n) is 12.3. The molecule has 1 amide bonds. The third-order valence-electron chi connectivity index (χ3n) is 6.62. The minimum atomic E-state index is -0.189. The zero-order chi connectivity index (χ0) is 24.9. The maximum atomic E-state index is 13.4. The van der Waals surface area contributed by atoms with Crippen molar-refractivity contribution < 1.29 is 9.32 Å². The molecule has 7 heteroatoms. The lowest BCUT2D eigenvalue weighted by Crippen LogP contribution is -2.43. The summed E-state index contributed by atoms with van der Waals surface area (Å²) in [6, 6.07) is 25.7. The molecule has 2 heterocycles. The summed E-state index contributed by atoms with van der Waals surface area (Å²) in [5.74, 6) is 1.01. The van der Waals surface area contributed by atoms with Crippen LogP contribution in [0.4, 0.5) is 0 Å². The van der Waals surface area contributed by atoms with Gasteiger partial charge in [0.1, 0.15) is 0 Å². The van der Waals surface area contributed by atoms with E-state index in [-0.39, 0.29) is 17.9 Å². The molecule has 0 saturated carbocycles. The maximum Gasteiger partial charge on any atom is 0.241 e. The minimum Gasteiger partial charge on any atom is -0.345 e. The van der Waals surface area contributed by atoms with Crippen LogP contribution in [0, 0.1) is 12.8 Å². The van der Waals surface area contributed by atoms with Crippen molar-refractivity contribution in [2.24, 2.45) is 5.92 Å². The summed E-state index contributed by atoms with van der Waals surface area (Å²) >= 11 is 6.09. The summed E-state index contributed by atoms with van der Waals surface area (Å²) in [6.45, 7) is 4.12. The molecule has 1 saturated heterocycles. The van der Waals surface area contributed by atoms with Crippen LogP contribution in [0.1, 0.15) is 41.5 Å². The Hall–Kier alpha value is -3.48. The molecule has 0 aliphatic carbocycles. The van der Waals surface area contributed by atoms with Crippen molar-refractivity contribution in [2.45, 2.75) is 32.4 Å². The lowest BCUT2D eigenvalue weighted by molar-refractivity contribution is -0.127. The number of carbonyl (C=O) groups is 1. The van der Waals surface area contributed by atoms with Crippen LogP contribution in [0.2, 0.25) is 5.02 Å². The van der Waals surface area contributed by atoms with Gasteiger partial charge in [0.2, 0.25) is 17.6 Å². The molecule has 2 unspecified atom stereocenters. The zero-order valence-corrected chi connectivity index (χ0v) is 21.0. The van der Waals surface area contributed by atoms with E-state index in [1.807, 2.05) is 42.5 Å². The van der Waals surface area contributed by atoms with Crippen molar-refractivity contribution in [2.75, 3.05) is 13.1 Å². The number of halogens is 1. The minimum absolute atomic E-state index is 0.0688. The van der Waals surface area contributed by atoms with Gasteiger partial charge in [-0.15, -0.1) is 0 Å². The molecule has 4 aromatic rings. The molecule has 1 N–H and O–H groups in total. The van der Waals surface area contributed by atoms with Crippen LogP contribution >= 0.6 is 11.6 Å². The number of likely N-dealkylation sites (tertiary alicyclic amines) is 1. The topological polar surface area (TPSA) is 71.3 Å². The number of aromatic nitrogens is 2. The van der Waals surface area contributed by atoms with Gasteiger partial charge in [0.05, 0.1) is 18.5 Å². The van der Waals surface area contributed by atoms with Crippen LogP contribution in [-0.2, 0) is 11.3 Å². The number of hydrogen-bond donors (Lipinski definition) is 1.